The summed E-state index contributed by atoms with van der Waals surface area (Å²) in [6.45, 7) is 4.08. The summed E-state index contributed by atoms with van der Waals surface area (Å²) < 4.78 is 42.0. The van der Waals surface area contributed by atoms with Gasteiger partial charge in [-0.1, -0.05) is 26.0 Å². The van der Waals surface area contributed by atoms with E-state index in [1.165, 1.54) is 18.2 Å². The fourth-order valence-electron chi connectivity index (χ4n) is 5.09. The molecule has 0 saturated heterocycles. The first kappa shape index (κ1) is 31.0. The molecule has 1 atom stereocenters. The van der Waals surface area contributed by atoms with Crippen molar-refractivity contribution in [3.05, 3.63) is 54.9 Å². The summed E-state index contributed by atoms with van der Waals surface area (Å²) in [6, 6.07) is 10.7. The van der Waals surface area contributed by atoms with Gasteiger partial charge in [-0.2, -0.15) is 4.31 Å². The van der Waals surface area contributed by atoms with Crippen LogP contribution in [-0.4, -0.2) is 78.9 Å². The molecule has 2 aromatic carbocycles. The SMILES string of the molecule is CC(C)C[C@H]1NC(=O)CN(S(=O)(=O)c2ccc3c(c2)NC(=O)CO3)CCCOc2cccc(c2)-c2nccn2CCNC1=O. The number of nitrogens with zero attached hydrogens (tertiary/aromatic N) is 3. The van der Waals surface area contributed by atoms with Crippen LogP contribution in [0.1, 0.15) is 26.7 Å². The van der Waals surface area contributed by atoms with Gasteiger partial charge < -0.3 is 30.0 Å². The molecule has 3 aromatic rings. The molecule has 234 valence electrons. The molecule has 3 amide bonds. The number of hydrogen-bond acceptors (Lipinski definition) is 8. The molecule has 0 spiro atoms. The Balaban J connectivity index is 1.43. The summed E-state index contributed by atoms with van der Waals surface area (Å²) in [6.07, 6.45) is 4.16. The summed E-state index contributed by atoms with van der Waals surface area (Å²) in [5.74, 6) is 0.355. The topological polar surface area (TPSA) is 161 Å². The number of rotatable bonds is 4. The lowest BCUT2D eigenvalue weighted by Crippen LogP contribution is -2.51. The third-order valence-corrected chi connectivity index (χ3v) is 9.02. The molecular formula is C30H36N6O7S. The molecule has 3 heterocycles. The predicted molar refractivity (Wildman–Crippen MR) is 161 cm³/mol. The minimum atomic E-state index is -4.21. The van der Waals surface area contributed by atoms with Crippen molar-refractivity contribution in [3.63, 3.8) is 0 Å². The zero-order valence-corrected chi connectivity index (χ0v) is 25.4. The summed E-state index contributed by atoms with van der Waals surface area (Å²) in [7, 11) is -4.21. The maximum atomic E-state index is 13.8. The van der Waals surface area contributed by atoms with Gasteiger partial charge in [0.05, 0.1) is 23.7 Å². The largest absolute Gasteiger partial charge is 0.494 e. The first-order chi connectivity index (χ1) is 21.1. The highest BCUT2D eigenvalue weighted by Gasteiger charge is 2.30. The van der Waals surface area contributed by atoms with Gasteiger partial charge in [0.1, 0.15) is 23.4 Å². The monoisotopic (exact) mass is 624 g/mol. The molecule has 13 nitrogen and oxygen atoms in total. The molecule has 1 aromatic heterocycles. The maximum absolute atomic E-state index is 13.8. The van der Waals surface area contributed by atoms with E-state index in [2.05, 4.69) is 20.9 Å². The predicted octanol–water partition coefficient (Wildman–Crippen LogP) is 2.00. The maximum Gasteiger partial charge on any atom is 0.262 e. The van der Waals surface area contributed by atoms with Crippen LogP contribution in [0.5, 0.6) is 11.5 Å². The number of hydrogen-bond donors (Lipinski definition) is 3. The van der Waals surface area contributed by atoms with Gasteiger partial charge in [0.25, 0.3) is 5.91 Å². The average Bonchev–Trinajstić information content (AvgIpc) is 3.46. The number of anilines is 1. The van der Waals surface area contributed by atoms with Crippen LogP contribution in [-0.2, 0) is 31.0 Å². The van der Waals surface area contributed by atoms with Crippen LogP contribution < -0.4 is 25.4 Å². The second-order valence-corrected chi connectivity index (χ2v) is 13.0. The van der Waals surface area contributed by atoms with E-state index in [-0.39, 0.29) is 48.6 Å². The quantitative estimate of drug-likeness (QED) is 0.397. The van der Waals surface area contributed by atoms with E-state index in [0.717, 1.165) is 9.87 Å². The smallest absolute Gasteiger partial charge is 0.262 e. The molecule has 3 N–H and O–H groups in total. The minimum absolute atomic E-state index is 0.0408. The van der Waals surface area contributed by atoms with Crippen LogP contribution in [0.4, 0.5) is 5.69 Å². The van der Waals surface area contributed by atoms with Crippen molar-refractivity contribution < 1.29 is 32.3 Å². The van der Waals surface area contributed by atoms with Crippen molar-refractivity contribution in [2.75, 3.05) is 38.2 Å². The fourth-order valence-corrected chi connectivity index (χ4v) is 6.55. The van der Waals surface area contributed by atoms with Gasteiger partial charge >= 0.3 is 0 Å². The van der Waals surface area contributed by atoms with E-state index >= 15 is 0 Å². The molecule has 0 unspecified atom stereocenters. The molecule has 5 rings (SSSR count). The van der Waals surface area contributed by atoms with Crippen LogP contribution in [0, 0.1) is 5.92 Å². The normalized spacial score (nSPS) is 18.8. The van der Waals surface area contributed by atoms with Crippen LogP contribution in [0.2, 0.25) is 0 Å². The number of aromatic nitrogens is 2. The summed E-state index contributed by atoms with van der Waals surface area (Å²) in [5.41, 5.74) is 1.06. The Hall–Kier alpha value is -4.43. The molecule has 0 fully saturated rings. The lowest BCUT2D eigenvalue weighted by Gasteiger charge is -2.25. The van der Waals surface area contributed by atoms with E-state index < -0.39 is 34.4 Å². The highest BCUT2D eigenvalue weighted by atomic mass is 32.2. The van der Waals surface area contributed by atoms with Crippen LogP contribution in [0.25, 0.3) is 11.4 Å². The fraction of sp³-hybridized carbons (Fsp3) is 0.400. The third kappa shape index (κ3) is 7.37. The van der Waals surface area contributed by atoms with E-state index in [1.54, 1.807) is 12.3 Å². The molecule has 0 aliphatic carbocycles. The number of ether oxygens (including phenoxy) is 2. The molecule has 2 aliphatic heterocycles. The number of imidazole rings is 1. The van der Waals surface area contributed by atoms with Crippen molar-refractivity contribution in [1.29, 1.82) is 0 Å². The number of amides is 3. The second kappa shape index (κ2) is 13.5. The Kier molecular flexibility index (Phi) is 9.49. The Bertz CT molecular complexity index is 1640. The van der Waals surface area contributed by atoms with Gasteiger partial charge in [-0.25, -0.2) is 13.4 Å². The van der Waals surface area contributed by atoms with Gasteiger partial charge in [0.15, 0.2) is 6.61 Å². The number of carbonyl (C=O) groups is 3. The zero-order valence-electron chi connectivity index (χ0n) is 24.6. The highest BCUT2D eigenvalue weighted by molar-refractivity contribution is 7.89. The van der Waals surface area contributed by atoms with E-state index in [1.807, 2.05) is 42.8 Å². The van der Waals surface area contributed by atoms with E-state index in [9.17, 15) is 22.8 Å². The third-order valence-electron chi connectivity index (χ3n) is 7.18. The van der Waals surface area contributed by atoms with Crippen LogP contribution in [0.15, 0.2) is 59.8 Å². The number of benzene rings is 2. The highest BCUT2D eigenvalue weighted by Crippen LogP contribution is 2.31. The molecule has 0 radical (unpaired) electrons. The Morgan fingerprint density at radius 3 is 2.70 bits per heavy atom. The van der Waals surface area contributed by atoms with Crippen molar-refractivity contribution in [1.82, 2.24) is 24.5 Å². The van der Waals surface area contributed by atoms with Crippen LogP contribution >= 0.6 is 0 Å². The van der Waals surface area contributed by atoms with Crippen molar-refractivity contribution in [2.45, 2.75) is 44.2 Å². The number of sulfonamides is 1. The molecule has 14 heteroatoms. The summed E-state index contributed by atoms with van der Waals surface area (Å²) >= 11 is 0. The van der Waals surface area contributed by atoms with Gasteiger partial charge in [0.2, 0.25) is 21.8 Å². The Morgan fingerprint density at radius 1 is 1.05 bits per heavy atom. The van der Waals surface area contributed by atoms with Gasteiger partial charge in [-0.05, 0) is 49.1 Å². The Morgan fingerprint density at radius 2 is 1.89 bits per heavy atom. The first-order valence-electron chi connectivity index (χ1n) is 14.5. The summed E-state index contributed by atoms with van der Waals surface area (Å²) in [5, 5.41) is 8.25. The number of nitrogens with one attached hydrogen (secondary N) is 3. The standard InChI is InChI=1S/C30H36N6O7S/c1-20(2)15-25-30(39)32-10-13-35-12-9-31-29(35)21-5-3-6-22(16-21)42-14-4-11-36(18-27(37)34-25)44(40,41)23-7-8-26-24(17-23)33-28(38)19-43-26/h3,5-9,12,16-17,20,25H,4,10-11,13-15,18-19H2,1-2H3,(H,32,39)(H,33,38)(H,34,37)/t25-/m1/s1. The number of carbonyl (C=O) groups excluding carboxylic acids is 3. The van der Waals surface area contributed by atoms with Crippen molar-refractivity contribution >= 4 is 33.4 Å². The Labute approximate surface area is 256 Å². The lowest BCUT2D eigenvalue weighted by atomic mass is 10.0. The number of fused-ring (bicyclic) bond motifs is 5. The average molecular weight is 625 g/mol. The van der Waals surface area contributed by atoms with Gasteiger partial charge in [-0.3, -0.25) is 14.4 Å². The van der Waals surface area contributed by atoms with Crippen molar-refractivity contribution in [3.8, 4) is 22.9 Å². The second-order valence-electron chi connectivity index (χ2n) is 11.0. The van der Waals surface area contributed by atoms with E-state index in [4.69, 9.17) is 9.47 Å². The first-order valence-corrected chi connectivity index (χ1v) is 15.9. The lowest BCUT2D eigenvalue weighted by molar-refractivity contribution is -0.129. The minimum Gasteiger partial charge on any atom is -0.494 e. The van der Waals surface area contributed by atoms with Gasteiger partial charge in [-0.15, -0.1) is 0 Å². The van der Waals surface area contributed by atoms with Crippen LogP contribution in [0.3, 0.4) is 0 Å². The molecule has 2 aliphatic rings. The zero-order chi connectivity index (χ0) is 31.3. The molecule has 2 bridgehead atoms. The summed E-state index contributed by atoms with van der Waals surface area (Å²) in [4.78, 5) is 42.7. The van der Waals surface area contributed by atoms with Gasteiger partial charge in [0, 0.05) is 37.6 Å². The molecule has 0 saturated carbocycles. The molecule has 44 heavy (non-hydrogen) atoms. The van der Waals surface area contributed by atoms with E-state index in [0.29, 0.717) is 36.8 Å². The van der Waals surface area contributed by atoms with Crippen molar-refractivity contribution in [2.24, 2.45) is 5.92 Å². The molecular weight excluding hydrogens is 588 g/mol.